The van der Waals surface area contributed by atoms with Gasteiger partial charge in [0, 0.05) is 46.8 Å². The molecule has 0 aliphatic heterocycles. The number of hydrogen-bond acceptors (Lipinski definition) is 5. The molecular weight excluding hydrogens is 300 g/mol. The van der Waals surface area contributed by atoms with Gasteiger partial charge in [0.15, 0.2) is 0 Å². The van der Waals surface area contributed by atoms with E-state index in [1.165, 1.54) is 18.5 Å². The van der Waals surface area contributed by atoms with Crippen LogP contribution in [0.5, 0.6) is 0 Å². The van der Waals surface area contributed by atoms with Crippen LogP contribution in [0, 0.1) is 10.1 Å². The fourth-order valence-electron chi connectivity index (χ4n) is 1.38. The van der Waals surface area contributed by atoms with Crippen molar-refractivity contribution >= 4 is 27.3 Å². The maximum absolute atomic E-state index is 10.6. The number of rotatable bonds is 4. The van der Waals surface area contributed by atoms with Crippen LogP contribution in [0.4, 0.5) is 11.4 Å². The summed E-state index contributed by atoms with van der Waals surface area (Å²) in [7, 11) is 0. The number of benzene rings is 1. The third-order valence-corrected chi connectivity index (χ3v) is 2.92. The molecule has 0 aliphatic carbocycles. The summed E-state index contributed by atoms with van der Waals surface area (Å²) < 4.78 is 0.647. The average Bonchev–Trinajstić information content (AvgIpc) is 2.38. The molecule has 0 saturated heterocycles. The number of nitrogens with zero attached hydrogens (tertiary/aromatic N) is 3. The van der Waals surface area contributed by atoms with E-state index < -0.39 is 4.92 Å². The summed E-state index contributed by atoms with van der Waals surface area (Å²) in [5.74, 6) is 0. The van der Waals surface area contributed by atoms with Crippen molar-refractivity contribution in [2.24, 2.45) is 0 Å². The Morgan fingerprint density at radius 3 is 2.67 bits per heavy atom. The summed E-state index contributed by atoms with van der Waals surface area (Å²) in [6.45, 7) is 0.553. The van der Waals surface area contributed by atoms with Gasteiger partial charge in [-0.25, -0.2) is 9.97 Å². The van der Waals surface area contributed by atoms with Crippen molar-refractivity contribution in [1.82, 2.24) is 9.97 Å². The van der Waals surface area contributed by atoms with Crippen LogP contribution in [0.3, 0.4) is 0 Å². The zero-order chi connectivity index (χ0) is 13.0. The Bertz CT molecular complexity index is 562. The summed E-state index contributed by atoms with van der Waals surface area (Å²) in [5, 5.41) is 13.7. The molecule has 1 N–H and O–H groups in total. The fourth-order valence-corrected chi connectivity index (χ4v) is 1.89. The third kappa shape index (κ3) is 3.01. The Labute approximate surface area is 111 Å². The van der Waals surface area contributed by atoms with Crippen LogP contribution in [0.25, 0.3) is 0 Å². The van der Waals surface area contributed by atoms with Gasteiger partial charge in [-0.3, -0.25) is 10.1 Å². The number of nitrogens with one attached hydrogen (secondary N) is 1. The topological polar surface area (TPSA) is 81.0 Å². The summed E-state index contributed by atoms with van der Waals surface area (Å²) in [6.07, 6.45) is 4.88. The van der Waals surface area contributed by atoms with E-state index in [9.17, 15) is 10.1 Å². The number of non-ortho nitro benzene ring substituents is 1. The smallest absolute Gasteiger partial charge is 0.270 e. The minimum atomic E-state index is -0.431. The Morgan fingerprint density at radius 2 is 2.06 bits per heavy atom. The maximum atomic E-state index is 10.6. The van der Waals surface area contributed by atoms with E-state index >= 15 is 0 Å². The molecule has 1 aromatic heterocycles. The molecule has 0 spiro atoms. The molecule has 1 aromatic carbocycles. The molecule has 1 heterocycles. The molecule has 0 atom stereocenters. The minimum Gasteiger partial charge on any atom is -0.380 e. The van der Waals surface area contributed by atoms with E-state index in [0.717, 1.165) is 11.3 Å². The van der Waals surface area contributed by atoms with Gasteiger partial charge in [0.25, 0.3) is 5.69 Å². The van der Waals surface area contributed by atoms with Crippen LogP contribution < -0.4 is 5.32 Å². The van der Waals surface area contributed by atoms with Crippen molar-refractivity contribution in [2.75, 3.05) is 5.32 Å². The molecule has 7 heteroatoms. The molecule has 0 bridgehead atoms. The van der Waals surface area contributed by atoms with Crippen LogP contribution in [-0.4, -0.2) is 14.9 Å². The monoisotopic (exact) mass is 308 g/mol. The number of anilines is 1. The molecule has 2 rings (SSSR count). The maximum Gasteiger partial charge on any atom is 0.270 e. The highest BCUT2D eigenvalue weighted by molar-refractivity contribution is 9.10. The second kappa shape index (κ2) is 5.54. The lowest BCUT2D eigenvalue weighted by atomic mass is 10.2. The highest BCUT2D eigenvalue weighted by Gasteiger charge is 2.08. The largest absolute Gasteiger partial charge is 0.380 e. The SMILES string of the molecule is O=[N+]([O-])c1ccc(NCc2cncnc2)c(Br)c1. The number of nitro benzene ring substituents is 1. The highest BCUT2D eigenvalue weighted by Crippen LogP contribution is 2.27. The van der Waals surface area contributed by atoms with E-state index in [-0.39, 0.29) is 5.69 Å². The van der Waals surface area contributed by atoms with Crippen molar-refractivity contribution in [3.63, 3.8) is 0 Å². The Hall–Kier alpha value is -2.02. The van der Waals surface area contributed by atoms with Crippen molar-refractivity contribution < 1.29 is 4.92 Å². The van der Waals surface area contributed by atoms with E-state index in [2.05, 4.69) is 31.2 Å². The lowest BCUT2D eigenvalue weighted by molar-refractivity contribution is -0.384. The molecule has 6 nitrogen and oxygen atoms in total. The molecule has 92 valence electrons. The lowest BCUT2D eigenvalue weighted by Gasteiger charge is -2.07. The van der Waals surface area contributed by atoms with Crippen LogP contribution in [0.2, 0.25) is 0 Å². The molecule has 0 unspecified atom stereocenters. The number of halogens is 1. The van der Waals surface area contributed by atoms with Crippen LogP contribution in [-0.2, 0) is 6.54 Å². The zero-order valence-electron chi connectivity index (χ0n) is 9.21. The number of aromatic nitrogens is 2. The quantitative estimate of drug-likeness (QED) is 0.694. The van der Waals surface area contributed by atoms with Gasteiger partial charge in [-0.1, -0.05) is 0 Å². The summed E-state index contributed by atoms with van der Waals surface area (Å²) in [4.78, 5) is 18.0. The second-order valence-electron chi connectivity index (χ2n) is 3.52. The Balaban J connectivity index is 2.08. The van der Waals surface area contributed by atoms with Gasteiger partial charge in [0.05, 0.1) is 4.92 Å². The molecule has 0 amide bonds. The van der Waals surface area contributed by atoms with Gasteiger partial charge in [-0.05, 0) is 22.0 Å². The second-order valence-corrected chi connectivity index (χ2v) is 4.38. The molecule has 0 fully saturated rings. The average molecular weight is 309 g/mol. The summed E-state index contributed by atoms with van der Waals surface area (Å²) in [6, 6.07) is 4.57. The van der Waals surface area contributed by atoms with Gasteiger partial charge in [0.1, 0.15) is 6.33 Å². The number of hydrogen-bond donors (Lipinski definition) is 1. The van der Waals surface area contributed by atoms with Crippen molar-refractivity contribution in [1.29, 1.82) is 0 Å². The van der Waals surface area contributed by atoms with Crippen LogP contribution in [0.15, 0.2) is 41.4 Å². The molecule has 0 aliphatic rings. The van der Waals surface area contributed by atoms with Gasteiger partial charge in [-0.15, -0.1) is 0 Å². The molecule has 2 aromatic rings. The van der Waals surface area contributed by atoms with Gasteiger partial charge in [0.2, 0.25) is 0 Å². The minimum absolute atomic E-state index is 0.0514. The molecule has 0 saturated carbocycles. The first-order valence-corrected chi connectivity index (χ1v) is 5.88. The zero-order valence-corrected chi connectivity index (χ0v) is 10.8. The van der Waals surface area contributed by atoms with Crippen LogP contribution >= 0.6 is 15.9 Å². The first-order chi connectivity index (χ1) is 8.66. The fraction of sp³-hybridized carbons (Fsp3) is 0.0909. The number of nitro groups is 1. The Kier molecular flexibility index (Phi) is 3.83. The van der Waals surface area contributed by atoms with E-state index in [0.29, 0.717) is 11.0 Å². The predicted molar refractivity (Wildman–Crippen MR) is 70.2 cm³/mol. The van der Waals surface area contributed by atoms with E-state index in [1.54, 1.807) is 18.5 Å². The highest BCUT2D eigenvalue weighted by atomic mass is 79.9. The first-order valence-electron chi connectivity index (χ1n) is 5.08. The third-order valence-electron chi connectivity index (χ3n) is 2.26. The normalized spacial score (nSPS) is 10.1. The summed E-state index contributed by atoms with van der Waals surface area (Å²) >= 11 is 3.29. The van der Waals surface area contributed by atoms with Gasteiger partial charge >= 0.3 is 0 Å². The van der Waals surface area contributed by atoms with Crippen LogP contribution in [0.1, 0.15) is 5.56 Å². The summed E-state index contributed by atoms with van der Waals surface area (Å²) in [5.41, 5.74) is 1.77. The van der Waals surface area contributed by atoms with Gasteiger partial charge in [-0.2, -0.15) is 0 Å². The molecule has 0 radical (unpaired) electrons. The van der Waals surface area contributed by atoms with Gasteiger partial charge < -0.3 is 5.32 Å². The van der Waals surface area contributed by atoms with E-state index in [1.807, 2.05) is 0 Å². The van der Waals surface area contributed by atoms with Crippen molar-refractivity contribution in [3.8, 4) is 0 Å². The standard InChI is InChI=1S/C11H9BrN4O2/c12-10-3-9(16(17)18)1-2-11(10)15-6-8-4-13-7-14-5-8/h1-5,7,15H,6H2. The lowest BCUT2D eigenvalue weighted by Crippen LogP contribution is -2.01. The first kappa shape index (κ1) is 12.4. The van der Waals surface area contributed by atoms with Crippen molar-refractivity contribution in [3.05, 3.63) is 57.1 Å². The van der Waals surface area contributed by atoms with Crippen molar-refractivity contribution in [2.45, 2.75) is 6.54 Å². The Morgan fingerprint density at radius 1 is 1.33 bits per heavy atom. The molecular formula is C11H9BrN4O2. The molecule has 18 heavy (non-hydrogen) atoms. The van der Waals surface area contributed by atoms with E-state index in [4.69, 9.17) is 0 Å². The predicted octanol–water partition coefficient (Wildman–Crippen LogP) is 2.76.